The number of benzene rings is 1. The molecule has 1 amide bonds. The van der Waals surface area contributed by atoms with Gasteiger partial charge in [0.1, 0.15) is 5.76 Å². The van der Waals surface area contributed by atoms with Gasteiger partial charge in [-0.1, -0.05) is 0 Å². The molecule has 2 aromatic rings. The first-order valence-corrected chi connectivity index (χ1v) is 6.38. The van der Waals surface area contributed by atoms with Crippen molar-refractivity contribution in [3.63, 3.8) is 0 Å². The number of nitrogens with one attached hydrogen (secondary N) is 2. The van der Waals surface area contributed by atoms with E-state index in [1.165, 1.54) is 13.0 Å². The molecular weight excluding hydrogens is 292 g/mol. The van der Waals surface area contributed by atoms with Crippen molar-refractivity contribution in [3.8, 4) is 11.3 Å². The lowest BCUT2D eigenvalue weighted by Gasteiger charge is -2.08. The summed E-state index contributed by atoms with van der Waals surface area (Å²) in [6.45, 7) is 1.37. The Hall–Kier alpha value is -2.67. The van der Waals surface area contributed by atoms with Crippen LogP contribution in [0.25, 0.3) is 11.3 Å². The molecule has 0 spiro atoms. The van der Waals surface area contributed by atoms with Crippen LogP contribution in [0.15, 0.2) is 40.8 Å². The summed E-state index contributed by atoms with van der Waals surface area (Å²) in [6, 6.07) is 9.98. The second kappa shape index (κ2) is 6.19. The third-order valence-corrected chi connectivity index (χ3v) is 2.74. The molecule has 0 unspecified atom stereocenters. The van der Waals surface area contributed by atoms with E-state index in [1.807, 2.05) is 0 Å². The van der Waals surface area contributed by atoms with Crippen molar-refractivity contribution in [2.45, 2.75) is 6.92 Å². The highest BCUT2D eigenvalue weighted by Gasteiger charge is 2.10. The number of rotatable bonds is 3. The molecule has 1 heterocycles. The van der Waals surface area contributed by atoms with Crippen molar-refractivity contribution >= 4 is 34.9 Å². The Kier molecular flexibility index (Phi) is 4.34. The molecule has 0 aliphatic rings. The molecule has 0 fully saturated rings. The summed E-state index contributed by atoms with van der Waals surface area (Å²) in [7, 11) is 0. The number of amides is 1. The van der Waals surface area contributed by atoms with Crippen LogP contribution < -0.4 is 10.6 Å². The molecule has 0 aliphatic heterocycles. The van der Waals surface area contributed by atoms with Gasteiger partial charge in [-0.25, -0.2) is 4.79 Å². The molecule has 0 aliphatic carbocycles. The Balaban J connectivity index is 2.09. The number of aromatic carboxylic acids is 1. The third kappa shape index (κ3) is 3.90. The highest BCUT2D eigenvalue weighted by atomic mass is 32.1. The summed E-state index contributed by atoms with van der Waals surface area (Å²) in [5.41, 5.74) is 1.43. The van der Waals surface area contributed by atoms with Gasteiger partial charge in [0.05, 0.1) is 0 Å². The van der Waals surface area contributed by atoms with Gasteiger partial charge in [-0.3, -0.25) is 4.79 Å². The van der Waals surface area contributed by atoms with E-state index in [0.29, 0.717) is 11.4 Å². The maximum atomic E-state index is 10.8. The number of carboxylic acid groups (broad SMARTS) is 1. The van der Waals surface area contributed by atoms with Crippen LogP contribution in [-0.2, 0) is 4.79 Å². The fourth-order valence-corrected chi connectivity index (χ4v) is 1.91. The molecule has 0 saturated carbocycles. The first-order chi connectivity index (χ1) is 9.95. The van der Waals surface area contributed by atoms with E-state index >= 15 is 0 Å². The average Bonchev–Trinajstić information content (AvgIpc) is 2.88. The fourth-order valence-electron chi connectivity index (χ4n) is 1.65. The van der Waals surface area contributed by atoms with Crippen molar-refractivity contribution in [3.05, 3.63) is 42.2 Å². The number of anilines is 1. The van der Waals surface area contributed by atoms with Crippen molar-refractivity contribution in [1.82, 2.24) is 5.32 Å². The smallest absolute Gasteiger partial charge is 0.371 e. The SMILES string of the molecule is CC(=O)NC(=S)Nc1ccc(-c2ccc(C(=O)O)o2)cc1. The molecule has 7 heteroatoms. The minimum absolute atomic E-state index is 0.112. The molecule has 1 aromatic carbocycles. The molecule has 0 saturated heterocycles. The van der Waals surface area contributed by atoms with Crippen molar-refractivity contribution in [2.75, 3.05) is 5.32 Å². The van der Waals surface area contributed by atoms with Crippen LogP contribution in [0.1, 0.15) is 17.5 Å². The maximum absolute atomic E-state index is 10.8. The van der Waals surface area contributed by atoms with Gasteiger partial charge in [0, 0.05) is 18.2 Å². The summed E-state index contributed by atoms with van der Waals surface area (Å²) in [6.07, 6.45) is 0. The number of carboxylic acids is 1. The molecule has 0 atom stereocenters. The summed E-state index contributed by atoms with van der Waals surface area (Å²) < 4.78 is 5.20. The molecular formula is C14H12N2O4S. The van der Waals surface area contributed by atoms with Crippen LogP contribution >= 0.6 is 12.2 Å². The number of furan rings is 1. The standard InChI is InChI=1S/C14H12N2O4S/c1-8(17)15-14(21)16-10-4-2-9(3-5-10)11-6-7-12(20-11)13(18)19/h2-7H,1H3,(H,18,19)(H2,15,16,17,21). The lowest BCUT2D eigenvalue weighted by Crippen LogP contribution is -2.32. The lowest BCUT2D eigenvalue weighted by molar-refractivity contribution is -0.117. The Labute approximate surface area is 125 Å². The Morgan fingerprint density at radius 3 is 2.33 bits per heavy atom. The normalized spacial score (nSPS) is 9.95. The lowest BCUT2D eigenvalue weighted by atomic mass is 10.1. The van der Waals surface area contributed by atoms with Crippen LogP contribution in [0.5, 0.6) is 0 Å². The topological polar surface area (TPSA) is 91.6 Å². The molecule has 2 rings (SSSR count). The highest BCUT2D eigenvalue weighted by molar-refractivity contribution is 7.80. The van der Waals surface area contributed by atoms with E-state index in [9.17, 15) is 9.59 Å². The van der Waals surface area contributed by atoms with E-state index in [1.54, 1.807) is 30.3 Å². The zero-order valence-corrected chi connectivity index (χ0v) is 11.9. The number of hydrogen-bond donors (Lipinski definition) is 3. The molecule has 0 radical (unpaired) electrons. The zero-order chi connectivity index (χ0) is 15.4. The first-order valence-electron chi connectivity index (χ1n) is 5.98. The predicted octanol–water partition coefficient (Wildman–Crippen LogP) is 2.48. The molecule has 21 heavy (non-hydrogen) atoms. The van der Waals surface area contributed by atoms with Crippen molar-refractivity contribution in [1.29, 1.82) is 0 Å². The van der Waals surface area contributed by atoms with E-state index in [2.05, 4.69) is 10.6 Å². The number of carbonyl (C=O) groups is 2. The summed E-state index contributed by atoms with van der Waals surface area (Å²) in [4.78, 5) is 21.6. The van der Waals surface area contributed by atoms with Gasteiger partial charge in [0.25, 0.3) is 0 Å². The van der Waals surface area contributed by atoms with E-state index in [-0.39, 0.29) is 16.8 Å². The van der Waals surface area contributed by atoms with Crippen LogP contribution in [0.4, 0.5) is 5.69 Å². The summed E-state index contributed by atoms with van der Waals surface area (Å²) in [5, 5.41) is 14.3. The fraction of sp³-hybridized carbons (Fsp3) is 0.0714. The van der Waals surface area contributed by atoms with E-state index < -0.39 is 5.97 Å². The van der Waals surface area contributed by atoms with Crippen LogP contribution in [0.2, 0.25) is 0 Å². The summed E-state index contributed by atoms with van der Waals surface area (Å²) >= 11 is 4.94. The minimum atomic E-state index is -1.11. The van der Waals surface area contributed by atoms with Gasteiger partial charge >= 0.3 is 5.97 Å². The van der Waals surface area contributed by atoms with Gasteiger partial charge < -0.3 is 20.2 Å². The maximum Gasteiger partial charge on any atom is 0.371 e. The van der Waals surface area contributed by atoms with Gasteiger partial charge in [0.15, 0.2) is 5.11 Å². The quantitative estimate of drug-likeness (QED) is 0.755. The Morgan fingerprint density at radius 1 is 1.14 bits per heavy atom. The molecule has 3 N–H and O–H groups in total. The highest BCUT2D eigenvalue weighted by Crippen LogP contribution is 2.23. The second-order valence-electron chi connectivity index (χ2n) is 4.18. The van der Waals surface area contributed by atoms with E-state index in [4.69, 9.17) is 21.7 Å². The van der Waals surface area contributed by atoms with Crippen LogP contribution in [0, 0.1) is 0 Å². The van der Waals surface area contributed by atoms with Crippen molar-refractivity contribution in [2.24, 2.45) is 0 Å². The van der Waals surface area contributed by atoms with Crippen molar-refractivity contribution < 1.29 is 19.1 Å². The second-order valence-corrected chi connectivity index (χ2v) is 4.59. The zero-order valence-electron chi connectivity index (χ0n) is 11.0. The molecule has 0 bridgehead atoms. The van der Waals surface area contributed by atoms with Gasteiger partial charge in [-0.2, -0.15) is 0 Å². The molecule has 6 nitrogen and oxygen atoms in total. The number of hydrogen-bond acceptors (Lipinski definition) is 4. The monoisotopic (exact) mass is 304 g/mol. The number of thiocarbonyl (C=S) groups is 1. The summed E-state index contributed by atoms with van der Waals surface area (Å²) in [5.74, 6) is -1.01. The Bertz CT molecular complexity index is 691. The first kappa shape index (κ1) is 14.7. The predicted molar refractivity (Wildman–Crippen MR) is 81.1 cm³/mol. The number of carbonyl (C=O) groups excluding carboxylic acids is 1. The van der Waals surface area contributed by atoms with Gasteiger partial charge in [-0.05, 0) is 48.6 Å². The van der Waals surface area contributed by atoms with Gasteiger partial charge in [0.2, 0.25) is 11.7 Å². The molecule has 1 aromatic heterocycles. The Morgan fingerprint density at radius 2 is 1.81 bits per heavy atom. The van der Waals surface area contributed by atoms with E-state index in [0.717, 1.165) is 5.56 Å². The van der Waals surface area contributed by atoms with Crippen LogP contribution in [-0.4, -0.2) is 22.1 Å². The minimum Gasteiger partial charge on any atom is -0.475 e. The van der Waals surface area contributed by atoms with Crippen LogP contribution in [0.3, 0.4) is 0 Å². The average molecular weight is 304 g/mol. The van der Waals surface area contributed by atoms with Gasteiger partial charge in [-0.15, -0.1) is 0 Å². The molecule has 108 valence electrons. The largest absolute Gasteiger partial charge is 0.475 e. The third-order valence-electron chi connectivity index (χ3n) is 2.53.